The van der Waals surface area contributed by atoms with Crippen molar-refractivity contribution < 1.29 is 4.79 Å². The van der Waals surface area contributed by atoms with Crippen molar-refractivity contribution in [2.75, 3.05) is 6.54 Å². The number of carbonyl (C=O) groups is 1. The molecule has 0 aliphatic rings. The molecule has 1 aromatic rings. The van der Waals surface area contributed by atoms with Gasteiger partial charge in [-0.25, -0.2) is 4.98 Å². The lowest BCUT2D eigenvalue weighted by Gasteiger charge is -2.12. The van der Waals surface area contributed by atoms with Crippen LogP contribution < -0.4 is 5.73 Å². The second-order valence-corrected chi connectivity index (χ2v) is 4.35. The van der Waals surface area contributed by atoms with Gasteiger partial charge in [0.25, 0.3) is 0 Å². The van der Waals surface area contributed by atoms with Crippen LogP contribution in [0, 0.1) is 5.92 Å². The van der Waals surface area contributed by atoms with E-state index in [1.807, 2.05) is 17.7 Å². The lowest BCUT2D eigenvalue weighted by Crippen LogP contribution is -2.13. The molecule has 2 N–H and O–H groups in total. The Labute approximate surface area is 103 Å². The van der Waals surface area contributed by atoms with Crippen LogP contribution in [0.4, 0.5) is 0 Å². The van der Waals surface area contributed by atoms with E-state index in [0.717, 1.165) is 25.8 Å². The van der Waals surface area contributed by atoms with Gasteiger partial charge in [-0.3, -0.25) is 4.79 Å². The second kappa shape index (κ2) is 7.22. The van der Waals surface area contributed by atoms with Crippen molar-refractivity contribution in [2.45, 2.75) is 46.1 Å². The standard InChI is InChI=1S/C13H23N3O/c1-3-11(7-8-14)5-6-12(17)13-15-9-10-16(13)4-2/h9-11H,3-8,14H2,1-2H3. The third-order valence-corrected chi connectivity index (χ3v) is 3.24. The molecule has 0 aliphatic carbocycles. The summed E-state index contributed by atoms with van der Waals surface area (Å²) in [6.07, 6.45) is 7.13. The SMILES string of the molecule is CCC(CCN)CCC(=O)c1nccn1CC. The zero-order chi connectivity index (χ0) is 12.7. The first-order valence-electron chi connectivity index (χ1n) is 6.47. The minimum absolute atomic E-state index is 0.146. The molecular formula is C13H23N3O. The molecule has 0 fully saturated rings. The number of rotatable bonds is 8. The maximum atomic E-state index is 12.0. The van der Waals surface area contributed by atoms with Crippen LogP contribution in [0.5, 0.6) is 0 Å². The smallest absolute Gasteiger partial charge is 0.198 e. The lowest BCUT2D eigenvalue weighted by atomic mass is 9.95. The van der Waals surface area contributed by atoms with Crippen LogP contribution in [0.1, 0.15) is 50.1 Å². The van der Waals surface area contributed by atoms with Crippen LogP contribution in [0.3, 0.4) is 0 Å². The van der Waals surface area contributed by atoms with Crippen molar-refractivity contribution in [2.24, 2.45) is 11.7 Å². The van der Waals surface area contributed by atoms with Gasteiger partial charge in [0.05, 0.1) is 0 Å². The molecule has 4 nitrogen and oxygen atoms in total. The van der Waals surface area contributed by atoms with E-state index in [0.29, 0.717) is 24.7 Å². The van der Waals surface area contributed by atoms with E-state index in [1.165, 1.54) is 0 Å². The summed E-state index contributed by atoms with van der Waals surface area (Å²) in [5.41, 5.74) is 5.55. The molecule has 1 heterocycles. The van der Waals surface area contributed by atoms with Crippen LogP contribution in [0.2, 0.25) is 0 Å². The highest BCUT2D eigenvalue weighted by molar-refractivity contribution is 5.92. The number of nitrogens with zero attached hydrogens (tertiary/aromatic N) is 2. The summed E-state index contributed by atoms with van der Waals surface area (Å²) in [6.45, 7) is 5.66. The topological polar surface area (TPSA) is 60.9 Å². The molecule has 1 aromatic heterocycles. The number of Topliss-reactive ketones (excluding diaryl/α,β-unsaturated/α-hetero) is 1. The number of nitrogens with two attached hydrogens (primary N) is 1. The number of aromatic nitrogens is 2. The van der Waals surface area contributed by atoms with Gasteiger partial charge in [-0.05, 0) is 32.2 Å². The summed E-state index contributed by atoms with van der Waals surface area (Å²) < 4.78 is 1.90. The molecule has 1 rings (SSSR count). The van der Waals surface area contributed by atoms with Gasteiger partial charge in [0.1, 0.15) is 0 Å². The first-order valence-corrected chi connectivity index (χ1v) is 6.47. The average molecular weight is 237 g/mol. The molecule has 1 atom stereocenters. The molecule has 4 heteroatoms. The number of hydrogen-bond donors (Lipinski definition) is 1. The zero-order valence-corrected chi connectivity index (χ0v) is 10.9. The van der Waals surface area contributed by atoms with Gasteiger partial charge in [0.15, 0.2) is 11.6 Å². The summed E-state index contributed by atoms with van der Waals surface area (Å²) in [7, 11) is 0. The first kappa shape index (κ1) is 13.9. The Morgan fingerprint density at radius 3 is 2.82 bits per heavy atom. The fourth-order valence-corrected chi connectivity index (χ4v) is 2.05. The predicted molar refractivity (Wildman–Crippen MR) is 68.9 cm³/mol. The average Bonchev–Trinajstić information content (AvgIpc) is 2.82. The van der Waals surface area contributed by atoms with Crippen LogP contribution >= 0.6 is 0 Å². The van der Waals surface area contributed by atoms with Crippen molar-refractivity contribution >= 4 is 5.78 Å². The molecule has 0 bridgehead atoms. The number of imidazole rings is 1. The van der Waals surface area contributed by atoms with Gasteiger partial charge in [0, 0.05) is 25.4 Å². The number of ketones is 1. The summed E-state index contributed by atoms with van der Waals surface area (Å²) in [5.74, 6) is 1.30. The predicted octanol–water partition coefficient (Wildman–Crippen LogP) is 2.24. The first-order chi connectivity index (χ1) is 8.22. The molecule has 0 saturated carbocycles. The van der Waals surface area contributed by atoms with Crippen molar-refractivity contribution in [3.63, 3.8) is 0 Å². The van der Waals surface area contributed by atoms with Gasteiger partial charge < -0.3 is 10.3 Å². The molecule has 0 amide bonds. The normalized spacial score (nSPS) is 12.6. The fraction of sp³-hybridized carbons (Fsp3) is 0.692. The Kier molecular flexibility index (Phi) is 5.91. The van der Waals surface area contributed by atoms with E-state index in [9.17, 15) is 4.79 Å². The molecule has 17 heavy (non-hydrogen) atoms. The van der Waals surface area contributed by atoms with Crippen molar-refractivity contribution in [3.05, 3.63) is 18.2 Å². The minimum atomic E-state index is 0.146. The number of carbonyl (C=O) groups excluding carboxylic acids is 1. The summed E-state index contributed by atoms with van der Waals surface area (Å²) >= 11 is 0. The van der Waals surface area contributed by atoms with Crippen LogP contribution in [-0.2, 0) is 6.54 Å². The third kappa shape index (κ3) is 3.97. The fourth-order valence-electron chi connectivity index (χ4n) is 2.05. The molecule has 0 saturated heterocycles. The number of hydrogen-bond acceptors (Lipinski definition) is 3. The summed E-state index contributed by atoms with van der Waals surface area (Å²) in [5, 5.41) is 0. The Morgan fingerprint density at radius 1 is 1.47 bits per heavy atom. The van der Waals surface area contributed by atoms with E-state index >= 15 is 0 Å². The van der Waals surface area contributed by atoms with Crippen LogP contribution in [0.15, 0.2) is 12.4 Å². The molecule has 0 spiro atoms. The van der Waals surface area contributed by atoms with Crippen molar-refractivity contribution in [1.82, 2.24) is 9.55 Å². The van der Waals surface area contributed by atoms with Gasteiger partial charge in [0.2, 0.25) is 0 Å². The molecule has 0 radical (unpaired) electrons. The van der Waals surface area contributed by atoms with Gasteiger partial charge >= 0.3 is 0 Å². The third-order valence-electron chi connectivity index (χ3n) is 3.24. The highest BCUT2D eigenvalue weighted by Gasteiger charge is 2.14. The summed E-state index contributed by atoms with van der Waals surface area (Å²) in [6, 6.07) is 0. The van der Waals surface area contributed by atoms with Crippen LogP contribution in [-0.4, -0.2) is 21.9 Å². The van der Waals surface area contributed by atoms with E-state index in [4.69, 9.17) is 5.73 Å². The maximum Gasteiger partial charge on any atom is 0.198 e. The van der Waals surface area contributed by atoms with Crippen LogP contribution in [0.25, 0.3) is 0 Å². The van der Waals surface area contributed by atoms with E-state index < -0.39 is 0 Å². The molecule has 96 valence electrons. The monoisotopic (exact) mass is 237 g/mol. The Morgan fingerprint density at radius 2 is 2.24 bits per heavy atom. The Hall–Kier alpha value is -1.16. The Bertz CT molecular complexity index is 346. The minimum Gasteiger partial charge on any atom is -0.330 e. The largest absolute Gasteiger partial charge is 0.330 e. The molecular weight excluding hydrogens is 214 g/mol. The van der Waals surface area contributed by atoms with Crippen molar-refractivity contribution in [3.8, 4) is 0 Å². The number of aryl methyl sites for hydroxylation is 1. The highest BCUT2D eigenvalue weighted by atomic mass is 16.1. The van der Waals surface area contributed by atoms with Gasteiger partial charge in [-0.2, -0.15) is 0 Å². The maximum absolute atomic E-state index is 12.0. The molecule has 0 aliphatic heterocycles. The van der Waals surface area contributed by atoms with Crippen molar-refractivity contribution in [1.29, 1.82) is 0 Å². The lowest BCUT2D eigenvalue weighted by molar-refractivity contribution is 0.0958. The van der Waals surface area contributed by atoms with E-state index in [-0.39, 0.29) is 5.78 Å². The van der Waals surface area contributed by atoms with E-state index in [2.05, 4.69) is 11.9 Å². The van der Waals surface area contributed by atoms with Gasteiger partial charge in [-0.1, -0.05) is 13.3 Å². The molecule has 0 aromatic carbocycles. The molecule has 1 unspecified atom stereocenters. The van der Waals surface area contributed by atoms with Gasteiger partial charge in [-0.15, -0.1) is 0 Å². The highest BCUT2D eigenvalue weighted by Crippen LogP contribution is 2.16. The zero-order valence-electron chi connectivity index (χ0n) is 10.9. The quantitative estimate of drug-likeness (QED) is 0.705. The summed E-state index contributed by atoms with van der Waals surface area (Å²) in [4.78, 5) is 16.1. The second-order valence-electron chi connectivity index (χ2n) is 4.35. The Balaban J connectivity index is 2.49. The van der Waals surface area contributed by atoms with E-state index in [1.54, 1.807) is 6.20 Å².